The van der Waals surface area contributed by atoms with Crippen LogP contribution in [0.25, 0.3) is 0 Å². The van der Waals surface area contributed by atoms with Crippen LogP contribution in [0.2, 0.25) is 0 Å². The summed E-state index contributed by atoms with van der Waals surface area (Å²) in [5, 5.41) is 3.56. The SMILES string of the molecule is CCNC(C(C)CC)C(OC)c1ccccc1. The minimum absolute atomic E-state index is 0.131. The van der Waals surface area contributed by atoms with E-state index in [0.717, 1.165) is 13.0 Å². The molecule has 2 nitrogen and oxygen atoms in total. The maximum Gasteiger partial charge on any atom is 0.0976 e. The number of methoxy groups -OCH3 is 1. The number of nitrogens with one attached hydrogen (secondary N) is 1. The van der Waals surface area contributed by atoms with Crippen LogP contribution in [-0.2, 0) is 4.74 Å². The Morgan fingerprint density at radius 2 is 1.82 bits per heavy atom. The third-order valence-corrected chi connectivity index (χ3v) is 3.41. The Morgan fingerprint density at radius 1 is 1.18 bits per heavy atom. The number of rotatable bonds is 7. The largest absolute Gasteiger partial charge is 0.375 e. The van der Waals surface area contributed by atoms with Gasteiger partial charge >= 0.3 is 0 Å². The highest BCUT2D eigenvalue weighted by Gasteiger charge is 2.26. The average molecular weight is 235 g/mol. The monoisotopic (exact) mass is 235 g/mol. The number of ether oxygens (including phenoxy) is 1. The quantitative estimate of drug-likeness (QED) is 0.782. The normalized spacial score (nSPS) is 16.5. The summed E-state index contributed by atoms with van der Waals surface area (Å²) in [6.07, 6.45) is 1.29. The molecule has 1 aromatic carbocycles. The zero-order chi connectivity index (χ0) is 12.7. The lowest BCUT2D eigenvalue weighted by Crippen LogP contribution is -2.40. The van der Waals surface area contributed by atoms with Crippen LogP contribution in [0.3, 0.4) is 0 Å². The number of benzene rings is 1. The highest BCUT2D eigenvalue weighted by molar-refractivity contribution is 5.19. The van der Waals surface area contributed by atoms with Crippen molar-refractivity contribution < 1.29 is 4.74 Å². The molecule has 17 heavy (non-hydrogen) atoms. The minimum Gasteiger partial charge on any atom is -0.375 e. The summed E-state index contributed by atoms with van der Waals surface area (Å²) < 4.78 is 5.71. The number of hydrogen-bond donors (Lipinski definition) is 1. The molecule has 1 aromatic rings. The lowest BCUT2D eigenvalue weighted by atomic mass is 9.90. The Morgan fingerprint density at radius 3 is 2.29 bits per heavy atom. The molecule has 1 rings (SSSR count). The minimum atomic E-state index is 0.131. The van der Waals surface area contributed by atoms with E-state index < -0.39 is 0 Å². The molecule has 1 N–H and O–H groups in total. The Bertz CT molecular complexity index is 299. The maximum atomic E-state index is 5.71. The van der Waals surface area contributed by atoms with Gasteiger partial charge in [0.25, 0.3) is 0 Å². The molecule has 3 unspecified atom stereocenters. The smallest absolute Gasteiger partial charge is 0.0976 e. The van der Waals surface area contributed by atoms with E-state index in [0.29, 0.717) is 12.0 Å². The molecule has 0 aromatic heterocycles. The highest BCUT2D eigenvalue weighted by Crippen LogP contribution is 2.26. The van der Waals surface area contributed by atoms with Crippen LogP contribution in [0.1, 0.15) is 38.9 Å². The molecule has 0 spiro atoms. The summed E-state index contributed by atoms with van der Waals surface area (Å²) in [4.78, 5) is 0. The van der Waals surface area contributed by atoms with Crippen LogP contribution in [-0.4, -0.2) is 19.7 Å². The Balaban J connectivity index is 2.89. The topological polar surface area (TPSA) is 21.3 Å². The zero-order valence-corrected chi connectivity index (χ0v) is 11.4. The van der Waals surface area contributed by atoms with Crippen LogP contribution in [0.4, 0.5) is 0 Å². The first-order chi connectivity index (χ1) is 8.24. The van der Waals surface area contributed by atoms with Crippen molar-refractivity contribution in [3.8, 4) is 0 Å². The molecular weight excluding hydrogens is 210 g/mol. The Labute approximate surface area is 105 Å². The van der Waals surface area contributed by atoms with E-state index in [1.54, 1.807) is 7.11 Å². The average Bonchev–Trinajstić information content (AvgIpc) is 2.39. The molecule has 0 heterocycles. The first-order valence-electron chi connectivity index (χ1n) is 6.55. The summed E-state index contributed by atoms with van der Waals surface area (Å²) in [6, 6.07) is 10.8. The van der Waals surface area contributed by atoms with Gasteiger partial charge in [-0.05, 0) is 18.0 Å². The van der Waals surface area contributed by atoms with Crippen molar-refractivity contribution in [2.45, 2.75) is 39.3 Å². The molecular formula is C15H25NO. The van der Waals surface area contributed by atoms with Gasteiger partial charge in [0.1, 0.15) is 0 Å². The van der Waals surface area contributed by atoms with Crippen LogP contribution in [0.5, 0.6) is 0 Å². The van der Waals surface area contributed by atoms with Crippen LogP contribution < -0.4 is 5.32 Å². The van der Waals surface area contributed by atoms with Gasteiger partial charge in [0.2, 0.25) is 0 Å². The summed E-state index contributed by atoms with van der Waals surface area (Å²) in [6.45, 7) is 7.63. The number of hydrogen-bond acceptors (Lipinski definition) is 2. The van der Waals surface area contributed by atoms with Gasteiger partial charge in [0, 0.05) is 13.2 Å². The number of likely N-dealkylation sites (N-methyl/N-ethyl adjacent to an activating group) is 1. The molecule has 0 fully saturated rings. The standard InChI is InChI=1S/C15H25NO/c1-5-12(3)14(16-6-2)15(17-4)13-10-8-7-9-11-13/h7-12,14-16H,5-6H2,1-4H3. The van der Waals surface area contributed by atoms with E-state index in [1.165, 1.54) is 5.56 Å². The van der Waals surface area contributed by atoms with Gasteiger partial charge in [-0.15, -0.1) is 0 Å². The predicted octanol–water partition coefficient (Wildman–Crippen LogP) is 3.40. The summed E-state index contributed by atoms with van der Waals surface area (Å²) in [7, 11) is 1.80. The maximum absolute atomic E-state index is 5.71. The third kappa shape index (κ3) is 3.83. The zero-order valence-electron chi connectivity index (χ0n) is 11.4. The fourth-order valence-electron chi connectivity index (χ4n) is 2.23. The van der Waals surface area contributed by atoms with Gasteiger partial charge in [0.15, 0.2) is 0 Å². The molecule has 0 saturated carbocycles. The van der Waals surface area contributed by atoms with Crippen molar-refractivity contribution in [1.29, 1.82) is 0 Å². The Hall–Kier alpha value is -0.860. The lowest BCUT2D eigenvalue weighted by Gasteiger charge is -2.31. The predicted molar refractivity (Wildman–Crippen MR) is 73.1 cm³/mol. The molecule has 2 heteroatoms. The molecule has 0 aliphatic carbocycles. The highest BCUT2D eigenvalue weighted by atomic mass is 16.5. The van der Waals surface area contributed by atoms with Gasteiger partial charge in [-0.1, -0.05) is 57.5 Å². The first-order valence-corrected chi connectivity index (χ1v) is 6.55. The Kier molecular flexibility index (Phi) is 6.23. The van der Waals surface area contributed by atoms with Crippen molar-refractivity contribution in [1.82, 2.24) is 5.32 Å². The molecule has 0 bridgehead atoms. The van der Waals surface area contributed by atoms with E-state index in [4.69, 9.17) is 4.74 Å². The van der Waals surface area contributed by atoms with Gasteiger partial charge < -0.3 is 10.1 Å². The summed E-state index contributed by atoms with van der Waals surface area (Å²) in [5.74, 6) is 0.597. The third-order valence-electron chi connectivity index (χ3n) is 3.41. The second-order valence-corrected chi connectivity index (χ2v) is 4.54. The molecule has 0 aliphatic rings. The van der Waals surface area contributed by atoms with Crippen LogP contribution in [0, 0.1) is 5.92 Å². The molecule has 0 radical (unpaired) electrons. The summed E-state index contributed by atoms with van der Waals surface area (Å²) >= 11 is 0. The van der Waals surface area contributed by atoms with Gasteiger partial charge in [-0.25, -0.2) is 0 Å². The van der Waals surface area contributed by atoms with Crippen molar-refractivity contribution in [2.75, 3.05) is 13.7 Å². The fourth-order valence-corrected chi connectivity index (χ4v) is 2.23. The van der Waals surface area contributed by atoms with E-state index >= 15 is 0 Å². The second-order valence-electron chi connectivity index (χ2n) is 4.54. The summed E-state index contributed by atoms with van der Waals surface area (Å²) in [5.41, 5.74) is 1.25. The molecule has 96 valence electrons. The molecule has 0 aliphatic heterocycles. The van der Waals surface area contributed by atoms with Gasteiger partial charge in [-0.2, -0.15) is 0 Å². The van der Waals surface area contributed by atoms with Gasteiger partial charge in [0.05, 0.1) is 6.10 Å². The molecule has 0 amide bonds. The van der Waals surface area contributed by atoms with Gasteiger partial charge in [-0.3, -0.25) is 0 Å². The molecule has 3 atom stereocenters. The van der Waals surface area contributed by atoms with E-state index in [2.05, 4.69) is 50.4 Å². The lowest BCUT2D eigenvalue weighted by molar-refractivity contribution is 0.0490. The van der Waals surface area contributed by atoms with Crippen molar-refractivity contribution in [3.63, 3.8) is 0 Å². The van der Waals surface area contributed by atoms with Crippen molar-refractivity contribution in [3.05, 3.63) is 35.9 Å². The molecule has 0 saturated heterocycles. The van der Waals surface area contributed by atoms with Crippen LogP contribution in [0.15, 0.2) is 30.3 Å². The van der Waals surface area contributed by atoms with Crippen LogP contribution >= 0.6 is 0 Å². The second kappa shape index (κ2) is 7.46. The van der Waals surface area contributed by atoms with E-state index in [-0.39, 0.29) is 6.10 Å². The first kappa shape index (κ1) is 14.2. The van der Waals surface area contributed by atoms with E-state index in [1.807, 2.05) is 6.07 Å². The van der Waals surface area contributed by atoms with Crippen molar-refractivity contribution in [2.24, 2.45) is 5.92 Å². The fraction of sp³-hybridized carbons (Fsp3) is 0.600. The van der Waals surface area contributed by atoms with E-state index in [9.17, 15) is 0 Å². The van der Waals surface area contributed by atoms with Crippen molar-refractivity contribution >= 4 is 0 Å².